The number of ether oxygens (including phenoxy) is 2. The van der Waals surface area contributed by atoms with E-state index in [1.54, 1.807) is 12.1 Å². The lowest BCUT2D eigenvalue weighted by Gasteiger charge is -2.06. The maximum absolute atomic E-state index is 10.5. The van der Waals surface area contributed by atoms with Gasteiger partial charge in [-0.15, -0.1) is 0 Å². The summed E-state index contributed by atoms with van der Waals surface area (Å²) in [5.41, 5.74) is 0.0365. The van der Waals surface area contributed by atoms with Crippen LogP contribution < -0.4 is 4.74 Å². The normalized spacial score (nSPS) is 10.2. The highest BCUT2D eigenvalue weighted by Gasteiger charge is 2.05. The van der Waals surface area contributed by atoms with Gasteiger partial charge in [0, 0.05) is 12.7 Å². The Morgan fingerprint density at radius 2 is 2.12 bits per heavy atom. The van der Waals surface area contributed by atoms with Crippen LogP contribution in [-0.2, 0) is 4.74 Å². The highest BCUT2D eigenvalue weighted by Crippen LogP contribution is 2.18. The first-order valence-corrected chi connectivity index (χ1v) is 5.69. The lowest BCUT2D eigenvalue weighted by molar-refractivity contribution is -0.384. The number of nitro benzene ring substituents is 1. The fourth-order valence-electron chi connectivity index (χ4n) is 1.25. The van der Waals surface area contributed by atoms with Gasteiger partial charge in [-0.3, -0.25) is 10.1 Å². The van der Waals surface area contributed by atoms with E-state index in [0.29, 0.717) is 19.0 Å². The summed E-state index contributed by atoms with van der Waals surface area (Å²) < 4.78 is 10.7. The third-order valence-electron chi connectivity index (χ3n) is 2.17. The van der Waals surface area contributed by atoms with Crippen molar-refractivity contribution >= 4 is 5.69 Å². The van der Waals surface area contributed by atoms with E-state index in [1.165, 1.54) is 12.1 Å². The monoisotopic (exact) mass is 239 g/mol. The van der Waals surface area contributed by atoms with Gasteiger partial charge in [0.2, 0.25) is 0 Å². The predicted octanol–water partition coefficient (Wildman–Crippen LogP) is 2.79. The molecular weight excluding hydrogens is 222 g/mol. The predicted molar refractivity (Wildman–Crippen MR) is 64.3 cm³/mol. The molecule has 0 atom stereocenters. The maximum Gasteiger partial charge on any atom is 0.273 e. The summed E-state index contributed by atoms with van der Waals surface area (Å²) in [6.45, 7) is 3.74. The second-order valence-corrected chi connectivity index (χ2v) is 3.57. The van der Waals surface area contributed by atoms with Gasteiger partial charge in [0.25, 0.3) is 5.69 Å². The first-order valence-electron chi connectivity index (χ1n) is 5.69. The number of rotatable bonds is 8. The van der Waals surface area contributed by atoms with Gasteiger partial charge in [-0.1, -0.05) is 19.4 Å². The highest BCUT2D eigenvalue weighted by molar-refractivity contribution is 5.37. The van der Waals surface area contributed by atoms with Crippen LogP contribution in [0.5, 0.6) is 5.75 Å². The molecule has 0 unspecified atom stereocenters. The van der Waals surface area contributed by atoms with Gasteiger partial charge in [-0.2, -0.15) is 0 Å². The number of hydrogen-bond acceptors (Lipinski definition) is 4. The fourth-order valence-corrected chi connectivity index (χ4v) is 1.25. The zero-order valence-electron chi connectivity index (χ0n) is 9.93. The van der Waals surface area contributed by atoms with E-state index >= 15 is 0 Å². The van der Waals surface area contributed by atoms with Crippen LogP contribution in [0.4, 0.5) is 5.69 Å². The topological polar surface area (TPSA) is 61.6 Å². The van der Waals surface area contributed by atoms with E-state index < -0.39 is 4.92 Å². The molecule has 0 saturated carbocycles. The molecule has 1 rings (SSSR count). The zero-order chi connectivity index (χ0) is 12.5. The Hall–Kier alpha value is -1.62. The minimum absolute atomic E-state index is 0.0365. The van der Waals surface area contributed by atoms with Crippen molar-refractivity contribution in [2.45, 2.75) is 19.8 Å². The summed E-state index contributed by atoms with van der Waals surface area (Å²) in [7, 11) is 0. The van der Waals surface area contributed by atoms with Gasteiger partial charge >= 0.3 is 0 Å². The molecule has 0 heterocycles. The molecule has 94 valence electrons. The molecule has 0 fully saturated rings. The second kappa shape index (κ2) is 7.62. The van der Waals surface area contributed by atoms with Crippen molar-refractivity contribution in [3.05, 3.63) is 34.4 Å². The SMILES string of the molecule is CCCCOCCOc1cccc([N+](=O)[O-])c1. The van der Waals surface area contributed by atoms with Crippen LogP contribution in [0.15, 0.2) is 24.3 Å². The Bertz CT molecular complexity index is 354. The molecule has 17 heavy (non-hydrogen) atoms. The summed E-state index contributed by atoms with van der Waals surface area (Å²) in [5.74, 6) is 0.498. The van der Waals surface area contributed by atoms with E-state index in [1.807, 2.05) is 0 Å². The molecule has 0 aliphatic carbocycles. The Morgan fingerprint density at radius 1 is 1.29 bits per heavy atom. The molecule has 1 aromatic rings. The first-order chi connectivity index (χ1) is 8.24. The van der Waals surface area contributed by atoms with Crippen LogP contribution in [0.25, 0.3) is 0 Å². The molecule has 0 N–H and O–H groups in total. The maximum atomic E-state index is 10.5. The van der Waals surface area contributed by atoms with Crippen LogP contribution in [-0.4, -0.2) is 24.7 Å². The number of non-ortho nitro benzene ring substituents is 1. The molecular formula is C12H17NO4. The Labute approximate surface area is 101 Å². The lowest BCUT2D eigenvalue weighted by Crippen LogP contribution is -2.07. The fraction of sp³-hybridized carbons (Fsp3) is 0.500. The zero-order valence-corrected chi connectivity index (χ0v) is 9.93. The summed E-state index contributed by atoms with van der Waals surface area (Å²) >= 11 is 0. The summed E-state index contributed by atoms with van der Waals surface area (Å²) in [6.07, 6.45) is 2.14. The third kappa shape index (κ3) is 5.31. The molecule has 0 spiro atoms. The Morgan fingerprint density at radius 3 is 2.82 bits per heavy atom. The Balaban J connectivity index is 2.27. The van der Waals surface area contributed by atoms with E-state index in [-0.39, 0.29) is 5.69 Å². The molecule has 0 amide bonds. The molecule has 0 bridgehead atoms. The van der Waals surface area contributed by atoms with E-state index in [2.05, 4.69) is 6.92 Å². The van der Waals surface area contributed by atoms with E-state index in [9.17, 15) is 10.1 Å². The average Bonchev–Trinajstić information content (AvgIpc) is 2.34. The van der Waals surface area contributed by atoms with Gasteiger partial charge in [0.05, 0.1) is 17.6 Å². The number of nitro groups is 1. The molecule has 5 heteroatoms. The van der Waals surface area contributed by atoms with Crippen molar-refractivity contribution in [3.8, 4) is 5.75 Å². The quantitative estimate of drug-likeness (QED) is 0.397. The molecule has 0 aromatic heterocycles. The van der Waals surface area contributed by atoms with Crippen molar-refractivity contribution in [2.75, 3.05) is 19.8 Å². The smallest absolute Gasteiger partial charge is 0.273 e. The van der Waals surface area contributed by atoms with E-state index in [4.69, 9.17) is 9.47 Å². The largest absolute Gasteiger partial charge is 0.491 e. The van der Waals surface area contributed by atoms with Gasteiger partial charge in [-0.05, 0) is 12.5 Å². The first kappa shape index (κ1) is 13.4. The van der Waals surface area contributed by atoms with Crippen molar-refractivity contribution in [1.82, 2.24) is 0 Å². The minimum atomic E-state index is -0.440. The van der Waals surface area contributed by atoms with Gasteiger partial charge in [-0.25, -0.2) is 0 Å². The number of hydrogen-bond donors (Lipinski definition) is 0. The average molecular weight is 239 g/mol. The van der Waals surface area contributed by atoms with E-state index in [0.717, 1.165) is 19.4 Å². The van der Waals surface area contributed by atoms with Gasteiger partial charge < -0.3 is 9.47 Å². The van der Waals surface area contributed by atoms with Crippen LogP contribution in [0.3, 0.4) is 0 Å². The van der Waals surface area contributed by atoms with Gasteiger partial charge in [0.1, 0.15) is 12.4 Å². The number of benzene rings is 1. The summed E-state index contributed by atoms with van der Waals surface area (Å²) in [6, 6.07) is 6.14. The number of nitrogens with zero attached hydrogens (tertiary/aromatic N) is 1. The van der Waals surface area contributed by atoms with Crippen LogP contribution in [0, 0.1) is 10.1 Å². The van der Waals surface area contributed by atoms with Crippen LogP contribution in [0.2, 0.25) is 0 Å². The lowest BCUT2D eigenvalue weighted by atomic mass is 10.3. The van der Waals surface area contributed by atoms with Crippen molar-refractivity contribution in [2.24, 2.45) is 0 Å². The molecule has 5 nitrogen and oxygen atoms in total. The minimum Gasteiger partial charge on any atom is -0.491 e. The highest BCUT2D eigenvalue weighted by atomic mass is 16.6. The van der Waals surface area contributed by atoms with Crippen LogP contribution >= 0.6 is 0 Å². The second-order valence-electron chi connectivity index (χ2n) is 3.57. The Kier molecular flexibility index (Phi) is 6.03. The summed E-state index contributed by atoms with van der Waals surface area (Å²) in [4.78, 5) is 10.1. The molecule has 0 aliphatic heterocycles. The third-order valence-corrected chi connectivity index (χ3v) is 2.17. The number of unbranched alkanes of at least 4 members (excludes halogenated alkanes) is 1. The van der Waals surface area contributed by atoms with Crippen molar-refractivity contribution in [1.29, 1.82) is 0 Å². The molecule has 0 aliphatic rings. The molecule has 0 radical (unpaired) electrons. The van der Waals surface area contributed by atoms with Crippen molar-refractivity contribution in [3.63, 3.8) is 0 Å². The van der Waals surface area contributed by atoms with Crippen molar-refractivity contribution < 1.29 is 14.4 Å². The molecule has 1 aromatic carbocycles. The summed E-state index contributed by atoms with van der Waals surface area (Å²) in [5, 5.41) is 10.5. The van der Waals surface area contributed by atoms with Crippen LogP contribution in [0.1, 0.15) is 19.8 Å². The molecule has 0 saturated heterocycles. The standard InChI is InChI=1S/C12H17NO4/c1-2-3-7-16-8-9-17-12-6-4-5-11(10-12)13(14)15/h4-6,10H,2-3,7-9H2,1H3. The van der Waals surface area contributed by atoms with Gasteiger partial charge in [0.15, 0.2) is 0 Å².